The van der Waals surface area contributed by atoms with Crippen molar-refractivity contribution < 1.29 is 9.90 Å². The van der Waals surface area contributed by atoms with Gasteiger partial charge in [-0.15, -0.1) is 11.3 Å². The Bertz CT molecular complexity index is 467. The van der Waals surface area contributed by atoms with Crippen LogP contribution in [-0.2, 0) is 0 Å². The molecule has 1 heterocycles. The highest BCUT2D eigenvalue weighted by Gasteiger charge is 2.35. The molecule has 1 unspecified atom stereocenters. The molecule has 5 nitrogen and oxygen atoms in total. The van der Waals surface area contributed by atoms with Gasteiger partial charge in [0.05, 0.1) is 11.6 Å². The summed E-state index contributed by atoms with van der Waals surface area (Å²) in [7, 11) is 0. The first-order valence-electron chi connectivity index (χ1n) is 7.82. The topological polar surface area (TPSA) is 74.2 Å². The largest absolute Gasteiger partial charge is 0.388 e. The maximum Gasteiger partial charge on any atom is 0.315 e. The fourth-order valence-electron chi connectivity index (χ4n) is 3.02. The van der Waals surface area contributed by atoms with E-state index in [4.69, 9.17) is 0 Å². The van der Waals surface area contributed by atoms with Crippen molar-refractivity contribution in [1.82, 2.24) is 15.6 Å². The molecule has 1 aromatic heterocycles. The zero-order chi connectivity index (χ0) is 14.7. The Kier molecular flexibility index (Phi) is 4.45. The first-order valence-corrected chi connectivity index (χ1v) is 8.70. The van der Waals surface area contributed by atoms with E-state index in [1.807, 2.05) is 5.38 Å². The number of hydrogen-bond donors (Lipinski definition) is 3. The Balaban J connectivity index is 1.51. The SMILES string of the molecule is O=C(NCC1(O)CCCCC1)NC(c1nccs1)C1CC1. The second kappa shape index (κ2) is 6.32. The number of aliphatic hydroxyl groups is 1. The Morgan fingerprint density at radius 3 is 2.81 bits per heavy atom. The number of carbonyl (C=O) groups excluding carboxylic acids is 1. The number of aromatic nitrogens is 1. The number of urea groups is 1. The number of rotatable bonds is 5. The summed E-state index contributed by atoms with van der Waals surface area (Å²) < 4.78 is 0. The van der Waals surface area contributed by atoms with Gasteiger partial charge in [-0.1, -0.05) is 19.3 Å². The van der Waals surface area contributed by atoms with Gasteiger partial charge in [-0.2, -0.15) is 0 Å². The van der Waals surface area contributed by atoms with Crippen molar-refractivity contribution in [2.24, 2.45) is 5.92 Å². The lowest BCUT2D eigenvalue weighted by Gasteiger charge is -2.32. The van der Waals surface area contributed by atoms with E-state index in [-0.39, 0.29) is 12.1 Å². The lowest BCUT2D eigenvalue weighted by atomic mass is 9.85. The van der Waals surface area contributed by atoms with Crippen LogP contribution in [-0.4, -0.2) is 28.3 Å². The monoisotopic (exact) mass is 309 g/mol. The Morgan fingerprint density at radius 1 is 1.43 bits per heavy atom. The summed E-state index contributed by atoms with van der Waals surface area (Å²) in [5.74, 6) is 0.514. The molecule has 0 aliphatic heterocycles. The van der Waals surface area contributed by atoms with Gasteiger partial charge in [-0.25, -0.2) is 9.78 Å². The van der Waals surface area contributed by atoms with E-state index in [1.165, 1.54) is 6.42 Å². The number of nitrogens with zero attached hydrogens (tertiary/aromatic N) is 1. The molecular formula is C15H23N3O2S. The molecule has 1 atom stereocenters. The summed E-state index contributed by atoms with van der Waals surface area (Å²) in [6.45, 7) is 0.341. The first-order chi connectivity index (χ1) is 10.2. The standard InChI is InChI=1S/C15H23N3O2S/c19-14(17-10-15(20)6-2-1-3-7-15)18-12(11-4-5-11)13-16-8-9-21-13/h8-9,11-12,20H,1-7,10H2,(H2,17,18,19). The van der Waals surface area contributed by atoms with Crippen molar-refractivity contribution in [3.05, 3.63) is 16.6 Å². The van der Waals surface area contributed by atoms with Gasteiger partial charge in [0.1, 0.15) is 5.01 Å². The molecule has 0 spiro atoms. The second-order valence-electron chi connectivity index (χ2n) is 6.30. The number of amides is 2. The molecule has 0 saturated heterocycles. The van der Waals surface area contributed by atoms with Crippen molar-refractivity contribution >= 4 is 17.4 Å². The van der Waals surface area contributed by atoms with Gasteiger partial charge in [0, 0.05) is 18.1 Å². The van der Waals surface area contributed by atoms with Gasteiger partial charge in [0.15, 0.2) is 0 Å². The van der Waals surface area contributed by atoms with Crippen LogP contribution in [0.1, 0.15) is 56.0 Å². The van der Waals surface area contributed by atoms with Gasteiger partial charge in [0.25, 0.3) is 0 Å². The minimum absolute atomic E-state index is 0.0194. The van der Waals surface area contributed by atoms with Crippen molar-refractivity contribution in [3.8, 4) is 0 Å². The molecule has 2 saturated carbocycles. The molecule has 1 aromatic rings. The molecular weight excluding hydrogens is 286 g/mol. The van der Waals surface area contributed by atoms with Crippen LogP contribution in [0.2, 0.25) is 0 Å². The third-order valence-electron chi connectivity index (χ3n) is 4.46. The maximum absolute atomic E-state index is 12.1. The fraction of sp³-hybridized carbons (Fsp3) is 0.733. The minimum atomic E-state index is -0.716. The minimum Gasteiger partial charge on any atom is -0.388 e. The summed E-state index contributed by atoms with van der Waals surface area (Å²) in [6, 6.07) is -0.174. The van der Waals surface area contributed by atoms with Crippen LogP contribution in [0.5, 0.6) is 0 Å². The van der Waals surface area contributed by atoms with Gasteiger partial charge in [-0.05, 0) is 31.6 Å². The highest BCUT2D eigenvalue weighted by Crippen LogP contribution is 2.41. The van der Waals surface area contributed by atoms with Crippen LogP contribution in [0, 0.1) is 5.92 Å². The van der Waals surface area contributed by atoms with Gasteiger partial charge in [0.2, 0.25) is 0 Å². The Labute approximate surface area is 129 Å². The van der Waals surface area contributed by atoms with Crippen molar-refractivity contribution in [2.75, 3.05) is 6.54 Å². The van der Waals surface area contributed by atoms with Crippen molar-refractivity contribution in [3.63, 3.8) is 0 Å². The smallest absolute Gasteiger partial charge is 0.315 e. The zero-order valence-corrected chi connectivity index (χ0v) is 13.0. The quantitative estimate of drug-likeness (QED) is 0.782. The molecule has 3 rings (SSSR count). The number of nitrogens with one attached hydrogen (secondary N) is 2. The summed E-state index contributed by atoms with van der Waals surface area (Å²) >= 11 is 1.58. The summed E-state index contributed by atoms with van der Waals surface area (Å²) in [4.78, 5) is 16.4. The molecule has 2 fully saturated rings. The van der Waals surface area contributed by atoms with Crippen LogP contribution in [0.15, 0.2) is 11.6 Å². The molecule has 0 bridgehead atoms. The average Bonchev–Trinajstić information content (AvgIpc) is 3.18. The van der Waals surface area contributed by atoms with Crippen LogP contribution in [0.4, 0.5) is 4.79 Å². The molecule has 0 radical (unpaired) electrons. The van der Waals surface area contributed by atoms with E-state index >= 15 is 0 Å². The average molecular weight is 309 g/mol. The molecule has 116 valence electrons. The molecule has 21 heavy (non-hydrogen) atoms. The van der Waals surface area contributed by atoms with E-state index in [9.17, 15) is 9.90 Å². The predicted molar refractivity (Wildman–Crippen MR) is 82.1 cm³/mol. The van der Waals surface area contributed by atoms with Crippen molar-refractivity contribution in [1.29, 1.82) is 0 Å². The predicted octanol–water partition coefficient (Wildman–Crippen LogP) is 2.59. The molecule has 3 N–H and O–H groups in total. The number of carbonyl (C=O) groups is 1. The summed E-state index contributed by atoms with van der Waals surface area (Å²) in [5, 5.41) is 19.2. The highest BCUT2D eigenvalue weighted by atomic mass is 32.1. The highest BCUT2D eigenvalue weighted by molar-refractivity contribution is 7.09. The maximum atomic E-state index is 12.1. The van der Waals surface area contributed by atoms with Crippen LogP contribution in [0.25, 0.3) is 0 Å². The number of hydrogen-bond acceptors (Lipinski definition) is 4. The van der Waals surface area contributed by atoms with Gasteiger partial charge in [-0.3, -0.25) is 0 Å². The molecule has 2 amide bonds. The molecule has 0 aromatic carbocycles. The first kappa shape index (κ1) is 14.8. The van der Waals surface area contributed by atoms with Crippen molar-refractivity contribution in [2.45, 2.75) is 56.6 Å². The fourth-order valence-corrected chi connectivity index (χ4v) is 3.80. The van der Waals surface area contributed by atoms with E-state index in [2.05, 4.69) is 15.6 Å². The van der Waals surface area contributed by atoms with E-state index < -0.39 is 5.60 Å². The van der Waals surface area contributed by atoms with Crippen LogP contribution < -0.4 is 10.6 Å². The van der Waals surface area contributed by atoms with Gasteiger partial charge < -0.3 is 15.7 Å². The lowest BCUT2D eigenvalue weighted by Crippen LogP contribution is -2.48. The zero-order valence-electron chi connectivity index (χ0n) is 12.2. The molecule has 2 aliphatic rings. The third kappa shape index (κ3) is 3.95. The lowest BCUT2D eigenvalue weighted by molar-refractivity contribution is 0.00711. The van der Waals surface area contributed by atoms with Crippen LogP contribution in [0.3, 0.4) is 0 Å². The second-order valence-corrected chi connectivity index (χ2v) is 7.22. The summed E-state index contributed by atoms with van der Waals surface area (Å²) in [5.41, 5.74) is -0.716. The number of thiazole rings is 1. The summed E-state index contributed by atoms with van der Waals surface area (Å²) in [6.07, 6.45) is 8.91. The molecule has 2 aliphatic carbocycles. The van der Waals surface area contributed by atoms with E-state index in [1.54, 1.807) is 17.5 Å². The third-order valence-corrected chi connectivity index (χ3v) is 5.32. The van der Waals surface area contributed by atoms with Gasteiger partial charge >= 0.3 is 6.03 Å². The van der Waals surface area contributed by atoms with Crippen LogP contribution >= 0.6 is 11.3 Å². The van der Waals surface area contributed by atoms with E-state index in [0.717, 1.165) is 43.5 Å². The molecule has 6 heteroatoms. The Morgan fingerprint density at radius 2 is 2.19 bits per heavy atom. The van der Waals surface area contributed by atoms with E-state index in [0.29, 0.717) is 12.5 Å². The normalized spacial score (nSPS) is 22.5. The Hall–Kier alpha value is -1.14.